The van der Waals surface area contributed by atoms with Crippen molar-refractivity contribution in [3.05, 3.63) is 35.9 Å². The Bertz CT molecular complexity index is 531. The van der Waals surface area contributed by atoms with Crippen molar-refractivity contribution in [2.45, 2.75) is 51.6 Å². The van der Waals surface area contributed by atoms with E-state index in [1.807, 2.05) is 37.3 Å². The van der Waals surface area contributed by atoms with E-state index in [2.05, 4.69) is 10.6 Å². The molecule has 2 atom stereocenters. The number of rotatable bonds is 9. The standard InChI is InChI=1S/C17H24N2O4/c1-3-4-10-14(17(22)23)19-16(21)11-15(18-12(2)20)13-8-6-5-7-9-13/h5-9,14-15H,3-4,10-11H2,1-2H3,(H,18,20)(H,19,21)(H,22,23). The van der Waals surface area contributed by atoms with Crippen molar-refractivity contribution in [2.75, 3.05) is 0 Å². The second-order valence-corrected chi connectivity index (χ2v) is 5.47. The van der Waals surface area contributed by atoms with E-state index in [0.29, 0.717) is 6.42 Å². The third kappa shape index (κ3) is 6.95. The molecule has 0 aromatic heterocycles. The van der Waals surface area contributed by atoms with E-state index >= 15 is 0 Å². The predicted octanol–water partition coefficient (Wildman–Crippen LogP) is 2.01. The smallest absolute Gasteiger partial charge is 0.326 e. The number of unbranched alkanes of at least 4 members (excludes halogenated alkanes) is 1. The predicted molar refractivity (Wildman–Crippen MR) is 86.7 cm³/mol. The highest BCUT2D eigenvalue weighted by molar-refractivity contribution is 5.84. The van der Waals surface area contributed by atoms with Gasteiger partial charge in [0, 0.05) is 6.92 Å². The zero-order chi connectivity index (χ0) is 17.2. The van der Waals surface area contributed by atoms with Gasteiger partial charge in [0.05, 0.1) is 12.5 Å². The van der Waals surface area contributed by atoms with Crippen molar-refractivity contribution >= 4 is 17.8 Å². The largest absolute Gasteiger partial charge is 0.480 e. The molecule has 0 saturated heterocycles. The Morgan fingerprint density at radius 1 is 1.13 bits per heavy atom. The van der Waals surface area contributed by atoms with Crippen LogP contribution in [-0.4, -0.2) is 28.9 Å². The SMILES string of the molecule is CCCCC(NC(=O)CC(NC(C)=O)c1ccccc1)C(=O)O. The molecule has 0 saturated carbocycles. The first-order chi connectivity index (χ1) is 10.9. The lowest BCUT2D eigenvalue weighted by Crippen LogP contribution is -2.42. The number of carbonyl (C=O) groups excluding carboxylic acids is 2. The summed E-state index contributed by atoms with van der Waals surface area (Å²) in [4.78, 5) is 34.7. The maximum atomic E-state index is 12.2. The fraction of sp³-hybridized carbons (Fsp3) is 0.471. The summed E-state index contributed by atoms with van der Waals surface area (Å²) in [5, 5.41) is 14.4. The molecule has 1 aromatic carbocycles. The second kappa shape index (κ2) is 9.61. The Labute approximate surface area is 136 Å². The molecule has 6 nitrogen and oxygen atoms in total. The summed E-state index contributed by atoms with van der Waals surface area (Å²) in [5.41, 5.74) is 0.804. The molecule has 0 aliphatic heterocycles. The van der Waals surface area contributed by atoms with Crippen molar-refractivity contribution in [3.8, 4) is 0 Å². The van der Waals surface area contributed by atoms with Gasteiger partial charge in [-0.3, -0.25) is 9.59 Å². The molecule has 23 heavy (non-hydrogen) atoms. The van der Waals surface area contributed by atoms with Gasteiger partial charge >= 0.3 is 5.97 Å². The molecule has 0 bridgehead atoms. The van der Waals surface area contributed by atoms with E-state index in [1.54, 1.807) is 0 Å². The summed E-state index contributed by atoms with van der Waals surface area (Å²) in [6.45, 7) is 3.35. The summed E-state index contributed by atoms with van der Waals surface area (Å²) < 4.78 is 0. The highest BCUT2D eigenvalue weighted by Crippen LogP contribution is 2.16. The summed E-state index contributed by atoms with van der Waals surface area (Å²) in [7, 11) is 0. The number of aliphatic carboxylic acids is 1. The van der Waals surface area contributed by atoms with Crippen LogP contribution >= 0.6 is 0 Å². The average molecular weight is 320 g/mol. The van der Waals surface area contributed by atoms with Gasteiger partial charge in [-0.15, -0.1) is 0 Å². The first-order valence-electron chi connectivity index (χ1n) is 7.78. The maximum Gasteiger partial charge on any atom is 0.326 e. The molecule has 2 unspecified atom stereocenters. The molecule has 0 aliphatic carbocycles. The first kappa shape index (κ1) is 18.7. The number of hydrogen-bond acceptors (Lipinski definition) is 3. The maximum absolute atomic E-state index is 12.2. The quantitative estimate of drug-likeness (QED) is 0.648. The number of nitrogens with one attached hydrogen (secondary N) is 2. The van der Waals surface area contributed by atoms with Crippen molar-refractivity contribution in [3.63, 3.8) is 0 Å². The molecular formula is C17H24N2O4. The van der Waals surface area contributed by atoms with Crippen molar-refractivity contribution < 1.29 is 19.5 Å². The summed E-state index contributed by atoms with van der Waals surface area (Å²) in [5.74, 6) is -1.67. The molecule has 126 valence electrons. The molecule has 0 fully saturated rings. The molecule has 0 radical (unpaired) electrons. The Hall–Kier alpha value is -2.37. The van der Waals surface area contributed by atoms with Gasteiger partial charge in [-0.25, -0.2) is 4.79 Å². The number of carboxylic acid groups (broad SMARTS) is 1. The second-order valence-electron chi connectivity index (χ2n) is 5.47. The highest BCUT2D eigenvalue weighted by Gasteiger charge is 2.22. The van der Waals surface area contributed by atoms with Gasteiger partial charge in [0.25, 0.3) is 0 Å². The number of carbonyl (C=O) groups is 3. The molecule has 3 N–H and O–H groups in total. The van der Waals surface area contributed by atoms with Crippen LogP contribution in [0.4, 0.5) is 0 Å². The zero-order valence-corrected chi connectivity index (χ0v) is 13.5. The van der Waals surface area contributed by atoms with E-state index in [-0.39, 0.29) is 12.3 Å². The Morgan fingerprint density at radius 3 is 2.30 bits per heavy atom. The molecule has 2 amide bonds. The van der Waals surface area contributed by atoms with Crippen LogP contribution in [0, 0.1) is 0 Å². The zero-order valence-electron chi connectivity index (χ0n) is 13.5. The Morgan fingerprint density at radius 2 is 1.78 bits per heavy atom. The van der Waals surface area contributed by atoms with Crippen molar-refractivity contribution in [1.82, 2.24) is 10.6 Å². The van der Waals surface area contributed by atoms with Crippen LogP contribution in [0.3, 0.4) is 0 Å². The lowest BCUT2D eigenvalue weighted by Gasteiger charge is -2.20. The molecule has 0 spiro atoms. The number of amides is 2. The number of hydrogen-bond donors (Lipinski definition) is 3. The lowest BCUT2D eigenvalue weighted by molar-refractivity contribution is -0.142. The minimum Gasteiger partial charge on any atom is -0.480 e. The topological polar surface area (TPSA) is 95.5 Å². The van der Waals surface area contributed by atoms with Crippen LogP contribution in [0.5, 0.6) is 0 Å². The molecule has 1 rings (SSSR count). The lowest BCUT2D eigenvalue weighted by atomic mass is 10.0. The highest BCUT2D eigenvalue weighted by atomic mass is 16.4. The van der Waals surface area contributed by atoms with Gasteiger partial charge in [0.15, 0.2) is 0 Å². The van der Waals surface area contributed by atoms with E-state index in [4.69, 9.17) is 5.11 Å². The first-order valence-corrected chi connectivity index (χ1v) is 7.78. The van der Waals surface area contributed by atoms with E-state index < -0.39 is 24.0 Å². The summed E-state index contributed by atoms with van der Waals surface area (Å²) >= 11 is 0. The van der Waals surface area contributed by atoms with Crippen molar-refractivity contribution in [1.29, 1.82) is 0 Å². The Balaban J connectivity index is 2.72. The third-order valence-corrected chi connectivity index (χ3v) is 3.45. The molecule has 6 heteroatoms. The van der Waals surface area contributed by atoms with Crippen LogP contribution < -0.4 is 10.6 Å². The third-order valence-electron chi connectivity index (χ3n) is 3.45. The Kier molecular flexibility index (Phi) is 7.80. The van der Waals surface area contributed by atoms with Crippen LogP contribution in [0.15, 0.2) is 30.3 Å². The minimum atomic E-state index is -1.04. The van der Waals surface area contributed by atoms with Gasteiger partial charge < -0.3 is 15.7 Å². The van der Waals surface area contributed by atoms with Gasteiger partial charge in [0.1, 0.15) is 6.04 Å². The molecular weight excluding hydrogens is 296 g/mol. The van der Waals surface area contributed by atoms with Crippen LogP contribution in [0.2, 0.25) is 0 Å². The molecule has 0 aliphatic rings. The van der Waals surface area contributed by atoms with E-state index in [0.717, 1.165) is 18.4 Å². The molecule has 0 heterocycles. The molecule has 1 aromatic rings. The van der Waals surface area contributed by atoms with E-state index in [9.17, 15) is 14.4 Å². The van der Waals surface area contributed by atoms with Gasteiger partial charge in [-0.1, -0.05) is 50.1 Å². The van der Waals surface area contributed by atoms with E-state index in [1.165, 1.54) is 6.92 Å². The van der Waals surface area contributed by atoms with Gasteiger partial charge in [0.2, 0.25) is 11.8 Å². The minimum absolute atomic E-state index is 0.000498. The summed E-state index contributed by atoms with van der Waals surface area (Å²) in [6, 6.07) is 7.76. The van der Waals surface area contributed by atoms with Gasteiger partial charge in [-0.2, -0.15) is 0 Å². The number of benzene rings is 1. The van der Waals surface area contributed by atoms with Crippen LogP contribution in [0.1, 0.15) is 51.1 Å². The average Bonchev–Trinajstić information content (AvgIpc) is 2.51. The monoisotopic (exact) mass is 320 g/mol. The van der Waals surface area contributed by atoms with Gasteiger partial charge in [-0.05, 0) is 12.0 Å². The fourth-order valence-corrected chi connectivity index (χ4v) is 2.29. The van der Waals surface area contributed by atoms with Crippen LogP contribution in [0.25, 0.3) is 0 Å². The number of carboxylic acids is 1. The normalized spacial score (nSPS) is 13.0. The summed E-state index contributed by atoms with van der Waals surface area (Å²) in [6.07, 6.45) is 1.98. The van der Waals surface area contributed by atoms with Crippen molar-refractivity contribution in [2.24, 2.45) is 0 Å². The fourth-order valence-electron chi connectivity index (χ4n) is 2.29. The van der Waals surface area contributed by atoms with Crippen LogP contribution in [-0.2, 0) is 14.4 Å².